The predicted octanol–water partition coefficient (Wildman–Crippen LogP) is 2.31. The first-order chi connectivity index (χ1) is 11.9. The number of benzene rings is 1. The van der Waals surface area contributed by atoms with Crippen molar-refractivity contribution in [2.24, 2.45) is 5.41 Å². The second-order valence-corrected chi connectivity index (χ2v) is 7.49. The van der Waals surface area contributed by atoms with Crippen LogP contribution in [0.15, 0.2) is 24.3 Å². The minimum absolute atomic E-state index is 0.0767. The van der Waals surface area contributed by atoms with E-state index in [9.17, 15) is 23.9 Å². The molecule has 25 heavy (non-hydrogen) atoms. The first-order valence-corrected chi connectivity index (χ1v) is 9.24. The average molecular weight is 366 g/mol. The second-order valence-electron chi connectivity index (χ2n) is 6.49. The molecule has 3 rings (SSSR count). The predicted molar refractivity (Wildman–Crippen MR) is 91.5 cm³/mol. The Balaban J connectivity index is 1.66. The molecule has 8 heteroatoms. The zero-order valence-electron chi connectivity index (χ0n) is 13.5. The third-order valence-electron chi connectivity index (χ3n) is 4.85. The molecule has 1 saturated carbocycles. The fourth-order valence-electron chi connectivity index (χ4n) is 3.16. The standard InChI is InChI=1S/C17H19FN2O4S/c18-11-3-1-4-12(7-11)19-15(22)13-9-25-10-20(13)14(21)8-17(16(23)24)5-2-6-17/h1,3-4,7,13H,2,5-6,8-10H2,(H,19,22)(H,23,24). The van der Waals surface area contributed by atoms with Gasteiger partial charge < -0.3 is 15.3 Å². The fraction of sp³-hybridized carbons (Fsp3) is 0.471. The van der Waals surface area contributed by atoms with Gasteiger partial charge in [0.15, 0.2) is 0 Å². The summed E-state index contributed by atoms with van der Waals surface area (Å²) in [6.45, 7) is 0. The first-order valence-electron chi connectivity index (χ1n) is 8.08. The van der Waals surface area contributed by atoms with Gasteiger partial charge in [-0.2, -0.15) is 0 Å². The summed E-state index contributed by atoms with van der Waals surface area (Å²) >= 11 is 1.44. The fourth-order valence-corrected chi connectivity index (χ4v) is 4.34. The molecule has 1 saturated heterocycles. The maximum atomic E-state index is 13.2. The first kappa shape index (κ1) is 17.7. The molecule has 0 spiro atoms. The number of carboxylic acids is 1. The summed E-state index contributed by atoms with van der Waals surface area (Å²) in [4.78, 5) is 37.9. The lowest BCUT2D eigenvalue weighted by molar-refractivity contribution is -0.159. The minimum Gasteiger partial charge on any atom is -0.481 e. The largest absolute Gasteiger partial charge is 0.481 e. The minimum atomic E-state index is -0.978. The van der Waals surface area contributed by atoms with Crippen LogP contribution in [0.3, 0.4) is 0 Å². The lowest BCUT2D eigenvalue weighted by Crippen LogP contribution is -2.48. The van der Waals surface area contributed by atoms with Crippen molar-refractivity contribution in [2.75, 3.05) is 16.9 Å². The van der Waals surface area contributed by atoms with Crippen molar-refractivity contribution in [2.45, 2.75) is 31.7 Å². The van der Waals surface area contributed by atoms with Gasteiger partial charge in [0.2, 0.25) is 11.8 Å². The van der Waals surface area contributed by atoms with Gasteiger partial charge in [-0.1, -0.05) is 12.5 Å². The van der Waals surface area contributed by atoms with Crippen LogP contribution in [0.2, 0.25) is 0 Å². The van der Waals surface area contributed by atoms with Crippen molar-refractivity contribution in [3.63, 3.8) is 0 Å². The molecule has 0 radical (unpaired) electrons. The Kier molecular flexibility index (Phi) is 4.99. The van der Waals surface area contributed by atoms with E-state index in [1.54, 1.807) is 6.07 Å². The monoisotopic (exact) mass is 366 g/mol. The van der Waals surface area contributed by atoms with Crippen molar-refractivity contribution in [1.29, 1.82) is 0 Å². The molecule has 2 amide bonds. The summed E-state index contributed by atoms with van der Waals surface area (Å²) < 4.78 is 13.2. The molecule has 1 aromatic rings. The number of rotatable bonds is 5. The quantitative estimate of drug-likeness (QED) is 0.835. The van der Waals surface area contributed by atoms with Gasteiger partial charge in [0.25, 0.3) is 0 Å². The van der Waals surface area contributed by atoms with Crippen LogP contribution in [-0.4, -0.2) is 45.5 Å². The highest BCUT2D eigenvalue weighted by Gasteiger charge is 2.48. The Morgan fingerprint density at radius 1 is 1.36 bits per heavy atom. The SMILES string of the molecule is O=C(Nc1cccc(F)c1)C1CSCN1C(=O)CC1(C(=O)O)CCC1. The Labute approximate surface area is 148 Å². The van der Waals surface area contributed by atoms with Gasteiger partial charge in [-0.15, -0.1) is 11.8 Å². The molecule has 1 aromatic carbocycles. The Morgan fingerprint density at radius 3 is 2.72 bits per heavy atom. The molecule has 1 aliphatic heterocycles. The van der Waals surface area contributed by atoms with Crippen LogP contribution >= 0.6 is 11.8 Å². The number of halogens is 1. The number of carboxylic acid groups (broad SMARTS) is 1. The van der Waals surface area contributed by atoms with Crippen molar-refractivity contribution in [3.8, 4) is 0 Å². The Bertz CT molecular complexity index is 708. The van der Waals surface area contributed by atoms with Gasteiger partial charge >= 0.3 is 5.97 Å². The molecule has 1 unspecified atom stereocenters. The molecule has 1 aliphatic carbocycles. The van der Waals surface area contributed by atoms with E-state index in [-0.39, 0.29) is 18.2 Å². The summed E-state index contributed by atoms with van der Waals surface area (Å²) in [6.07, 6.45) is 1.72. The van der Waals surface area contributed by atoms with E-state index in [2.05, 4.69) is 5.32 Å². The second kappa shape index (κ2) is 7.03. The number of thioether (sulfide) groups is 1. The van der Waals surface area contributed by atoms with E-state index >= 15 is 0 Å². The van der Waals surface area contributed by atoms with Gasteiger partial charge in [-0.25, -0.2) is 4.39 Å². The van der Waals surface area contributed by atoms with Gasteiger partial charge in [0.1, 0.15) is 11.9 Å². The number of nitrogens with one attached hydrogen (secondary N) is 1. The van der Waals surface area contributed by atoms with Crippen molar-refractivity contribution < 1.29 is 23.9 Å². The van der Waals surface area contributed by atoms with Crippen LogP contribution in [0.4, 0.5) is 10.1 Å². The number of hydrogen-bond acceptors (Lipinski definition) is 4. The van der Waals surface area contributed by atoms with Gasteiger partial charge in [-0.3, -0.25) is 14.4 Å². The van der Waals surface area contributed by atoms with Crippen LogP contribution < -0.4 is 5.32 Å². The Hall–Kier alpha value is -2.09. The maximum Gasteiger partial charge on any atom is 0.310 e. The number of hydrogen-bond donors (Lipinski definition) is 2. The van der Waals surface area contributed by atoms with E-state index in [4.69, 9.17) is 0 Å². The van der Waals surface area contributed by atoms with E-state index in [0.717, 1.165) is 6.42 Å². The molecule has 2 fully saturated rings. The topological polar surface area (TPSA) is 86.7 Å². The van der Waals surface area contributed by atoms with Crippen LogP contribution in [0.1, 0.15) is 25.7 Å². The van der Waals surface area contributed by atoms with Crippen molar-refractivity contribution in [1.82, 2.24) is 4.90 Å². The molecule has 2 aliphatic rings. The van der Waals surface area contributed by atoms with E-state index < -0.39 is 23.2 Å². The van der Waals surface area contributed by atoms with E-state index in [0.29, 0.717) is 30.2 Å². The maximum absolute atomic E-state index is 13.2. The highest BCUT2D eigenvalue weighted by atomic mass is 32.2. The molecule has 0 bridgehead atoms. The van der Waals surface area contributed by atoms with Gasteiger partial charge in [0, 0.05) is 17.9 Å². The zero-order valence-corrected chi connectivity index (χ0v) is 14.4. The number of carbonyl (C=O) groups is 3. The van der Waals surface area contributed by atoms with Crippen molar-refractivity contribution in [3.05, 3.63) is 30.1 Å². The third kappa shape index (κ3) is 3.63. The average Bonchev–Trinajstić information content (AvgIpc) is 3.00. The number of aliphatic carboxylic acids is 1. The number of amides is 2. The molecule has 1 atom stereocenters. The lowest BCUT2D eigenvalue weighted by Gasteiger charge is -2.38. The summed E-state index contributed by atoms with van der Waals surface area (Å²) in [5.41, 5.74) is -0.649. The number of anilines is 1. The van der Waals surface area contributed by atoms with Crippen LogP contribution in [0, 0.1) is 11.2 Å². The summed E-state index contributed by atoms with van der Waals surface area (Å²) in [7, 11) is 0. The third-order valence-corrected chi connectivity index (χ3v) is 5.86. The zero-order chi connectivity index (χ0) is 18.0. The molecule has 134 valence electrons. The van der Waals surface area contributed by atoms with Gasteiger partial charge in [0.05, 0.1) is 11.3 Å². The van der Waals surface area contributed by atoms with Crippen LogP contribution in [-0.2, 0) is 14.4 Å². The van der Waals surface area contributed by atoms with Crippen molar-refractivity contribution >= 4 is 35.2 Å². The van der Waals surface area contributed by atoms with Crippen LogP contribution in [0.5, 0.6) is 0 Å². The number of carbonyl (C=O) groups excluding carboxylic acids is 2. The molecule has 2 N–H and O–H groups in total. The Morgan fingerprint density at radius 2 is 2.12 bits per heavy atom. The summed E-state index contributed by atoms with van der Waals surface area (Å²) in [6, 6.07) is 4.88. The summed E-state index contributed by atoms with van der Waals surface area (Å²) in [5, 5.41) is 12.0. The summed E-state index contributed by atoms with van der Waals surface area (Å²) in [5.74, 6) is -1.31. The normalized spacial score (nSPS) is 21.5. The van der Waals surface area contributed by atoms with E-state index in [1.807, 2.05) is 0 Å². The lowest BCUT2D eigenvalue weighted by atomic mass is 9.66. The molecular weight excluding hydrogens is 347 g/mol. The smallest absolute Gasteiger partial charge is 0.310 e. The number of nitrogens with zero attached hydrogens (tertiary/aromatic N) is 1. The molecule has 0 aromatic heterocycles. The molecule has 1 heterocycles. The van der Waals surface area contributed by atoms with Gasteiger partial charge in [-0.05, 0) is 31.0 Å². The highest BCUT2D eigenvalue weighted by Crippen LogP contribution is 2.45. The highest BCUT2D eigenvalue weighted by molar-refractivity contribution is 7.99. The van der Waals surface area contributed by atoms with Crippen LogP contribution in [0.25, 0.3) is 0 Å². The molecule has 6 nitrogen and oxygen atoms in total. The van der Waals surface area contributed by atoms with E-state index in [1.165, 1.54) is 34.9 Å². The molecular formula is C17H19FN2O4S.